The average molecular weight is 276 g/mol. The summed E-state index contributed by atoms with van der Waals surface area (Å²) in [6, 6.07) is 15.4. The Morgan fingerprint density at radius 1 is 1.16 bits per heavy atom. The fraction of sp³-hybridized carbons (Fsp3) is 0.250. The van der Waals surface area contributed by atoms with Crippen LogP contribution in [0.25, 0.3) is 0 Å². The Bertz CT molecular complexity index is 525. The molecule has 1 unspecified atom stereocenters. The van der Waals surface area contributed by atoms with Crippen molar-refractivity contribution in [2.45, 2.75) is 12.3 Å². The van der Waals surface area contributed by atoms with Gasteiger partial charge >= 0.3 is 0 Å². The van der Waals surface area contributed by atoms with E-state index in [1.807, 2.05) is 37.4 Å². The third-order valence-corrected chi connectivity index (χ3v) is 3.44. The topological polar surface area (TPSA) is 32.3 Å². The lowest BCUT2D eigenvalue weighted by molar-refractivity contribution is 0.474. The Labute approximate surface area is 119 Å². The highest BCUT2D eigenvalue weighted by atomic mass is 35.5. The lowest BCUT2D eigenvalue weighted by atomic mass is 9.92. The number of hydrogen-bond donors (Lipinski definition) is 2. The number of benzene rings is 2. The molecule has 0 fully saturated rings. The lowest BCUT2D eigenvalue weighted by Gasteiger charge is -2.17. The second-order valence-electron chi connectivity index (χ2n) is 4.68. The van der Waals surface area contributed by atoms with Crippen LogP contribution in [0.15, 0.2) is 48.5 Å². The zero-order valence-corrected chi connectivity index (χ0v) is 11.7. The zero-order chi connectivity index (χ0) is 13.7. The molecule has 100 valence electrons. The fourth-order valence-electron chi connectivity index (χ4n) is 2.26. The molecule has 2 rings (SSSR count). The second-order valence-corrected chi connectivity index (χ2v) is 5.12. The summed E-state index contributed by atoms with van der Waals surface area (Å²) in [6.45, 7) is 0.886. The van der Waals surface area contributed by atoms with E-state index in [-0.39, 0.29) is 0 Å². The van der Waals surface area contributed by atoms with E-state index in [4.69, 9.17) is 11.6 Å². The number of phenolic OH excluding ortho intramolecular Hbond substituents is 1. The number of phenols is 1. The molecule has 0 aliphatic heterocycles. The van der Waals surface area contributed by atoms with Gasteiger partial charge in [-0.15, -0.1) is 0 Å². The molecule has 0 spiro atoms. The molecule has 0 bridgehead atoms. The van der Waals surface area contributed by atoms with E-state index < -0.39 is 0 Å². The number of rotatable bonds is 5. The minimum Gasteiger partial charge on any atom is -0.508 e. The summed E-state index contributed by atoms with van der Waals surface area (Å²) in [6.07, 6.45) is 0.886. The summed E-state index contributed by atoms with van der Waals surface area (Å²) >= 11 is 5.93. The Morgan fingerprint density at radius 2 is 1.89 bits per heavy atom. The maximum atomic E-state index is 9.53. The summed E-state index contributed by atoms with van der Waals surface area (Å²) in [5.41, 5.74) is 2.39. The maximum Gasteiger partial charge on any atom is 0.115 e. The van der Waals surface area contributed by atoms with Crippen molar-refractivity contribution in [3.63, 3.8) is 0 Å². The van der Waals surface area contributed by atoms with Gasteiger partial charge in [-0.25, -0.2) is 0 Å². The monoisotopic (exact) mass is 275 g/mol. The molecular weight excluding hydrogens is 258 g/mol. The predicted molar refractivity (Wildman–Crippen MR) is 79.9 cm³/mol. The van der Waals surface area contributed by atoms with Crippen LogP contribution in [-0.4, -0.2) is 18.7 Å². The molecule has 0 aliphatic rings. The molecule has 2 N–H and O–H groups in total. The van der Waals surface area contributed by atoms with E-state index in [1.165, 1.54) is 5.56 Å². The Balaban J connectivity index is 2.18. The van der Waals surface area contributed by atoms with Crippen molar-refractivity contribution < 1.29 is 5.11 Å². The first kappa shape index (κ1) is 13.9. The molecular formula is C16H18ClNO. The van der Waals surface area contributed by atoms with Crippen LogP contribution in [0, 0.1) is 0 Å². The number of aromatic hydroxyl groups is 1. The van der Waals surface area contributed by atoms with Crippen molar-refractivity contribution in [1.82, 2.24) is 5.32 Å². The largest absolute Gasteiger partial charge is 0.508 e. The van der Waals surface area contributed by atoms with Crippen molar-refractivity contribution in [3.05, 3.63) is 64.7 Å². The molecule has 3 heteroatoms. The van der Waals surface area contributed by atoms with Gasteiger partial charge in [-0.1, -0.05) is 35.9 Å². The first-order valence-corrected chi connectivity index (χ1v) is 6.75. The van der Waals surface area contributed by atoms with Crippen LogP contribution in [0.4, 0.5) is 0 Å². The summed E-state index contributed by atoms with van der Waals surface area (Å²) < 4.78 is 0. The van der Waals surface area contributed by atoms with Crippen molar-refractivity contribution in [1.29, 1.82) is 0 Å². The van der Waals surface area contributed by atoms with Crippen LogP contribution < -0.4 is 5.32 Å². The van der Waals surface area contributed by atoms with Gasteiger partial charge in [-0.2, -0.15) is 0 Å². The Kier molecular flexibility index (Phi) is 4.83. The van der Waals surface area contributed by atoms with Gasteiger partial charge in [0.15, 0.2) is 0 Å². The van der Waals surface area contributed by atoms with Crippen LogP contribution >= 0.6 is 11.6 Å². The van der Waals surface area contributed by atoms with Crippen LogP contribution in [-0.2, 0) is 6.42 Å². The highest BCUT2D eigenvalue weighted by Gasteiger charge is 2.12. The van der Waals surface area contributed by atoms with Crippen molar-refractivity contribution in [2.75, 3.05) is 13.6 Å². The molecule has 0 saturated carbocycles. The molecule has 19 heavy (non-hydrogen) atoms. The van der Waals surface area contributed by atoms with E-state index in [0.29, 0.717) is 11.7 Å². The van der Waals surface area contributed by atoms with Gasteiger partial charge in [-0.3, -0.25) is 0 Å². The summed E-state index contributed by atoms with van der Waals surface area (Å²) in [5.74, 6) is 0.681. The van der Waals surface area contributed by atoms with E-state index in [1.54, 1.807) is 6.07 Å². The molecule has 0 aromatic heterocycles. The lowest BCUT2D eigenvalue weighted by Crippen LogP contribution is -2.19. The maximum absolute atomic E-state index is 9.53. The van der Waals surface area contributed by atoms with Gasteiger partial charge in [0, 0.05) is 17.5 Å². The minimum atomic E-state index is 0.316. The van der Waals surface area contributed by atoms with Gasteiger partial charge in [0.25, 0.3) is 0 Å². The summed E-state index contributed by atoms with van der Waals surface area (Å²) in [7, 11) is 1.95. The van der Waals surface area contributed by atoms with Crippen molar-refractivity contribution in [2.24, 2.45) is 0 Å². The molecule has 2 aromatic rings. The number of hydrogen-bond acceptors (Lipinski definition) is 2. The third-order valence-electron chi connectivity index (χ3n) is 3.18. The molecule has 2 nitrogen and oxygen atoms in total. The SMILES string of the molecule is CNCC(Cc1cccc(O)c1)c1ccc(Cl)cc1. The number of nitrogens with one attached hydrogen (secondary N) is 1. The molecule has 0 radical (unpaired) electrons. The standard InChI is InChI=1S/C16H18ClNO/c1-18-11-14(13-5-7-15(17)8-6-13)9-12-3-2-4-16(19)10-12/h2-8,10,14,18-19H,9,11H2,1H3. The van der Waals surface area contributed by atoms with Gasteiger partial charge in [0.1, 0.15) is 5.75 Å². The van der Waals surface area contributed by atoms with Crippen LogP contribution in [0.3, 0.4) is 0 Å². The zero-order valence-electron chi connectivity index (χ0n) is 10.9. The highest BCUT2D eigenvalue weighted by molar-refractivity contribution is 6.30. The second kappa shape index (κ2) is 6.60. The van der Waals surface area contributed by atoms with E-state index in [9.17, 15) is 5.11 Å². The quantitative estimate of drug-likeness (QED) is 0.874. The molecule has 1 atom stereocenters. The smallest absolute Gasteiger partial charge is 0.115 e. The van der Waals surface area contributed by atoms with E-state index in [2.05, 4.69) is 17.4 Å². The van der Waals surface area contributed by atoms with Gasteiger partial charge in [-0.05, 0) is 48.9 Å². The predicted octanol–water partition coefficient (Wildman–Crippen LogP) is 3.59. The number of halogens is 1. The molecule has 0 saturated heterocycles. The molecule has 2 aromatic carbocycles. The van der Waals surface area contributed by atoms with E-state index in [0.717, 1.165) is 23.6 Å². The van der Waals surface area contributed by atoms with Crippen LogP contribution in [0.2, 0.25) is 5.02 Å². The average Bonchev–Trinajstić information content (AvgIpc) is 2.39. The molecule has 0 aliphatic carbocycles. The molecule has 0 amide bonds. The van der Waals surface area contributed by atoms with Crippen LogP contribution in [0.5, 0.6) is 5.75 Å². The first-order chi connectivity index (χ1) is 9.19. The summed E-state index contributed by atoms with van der Waals surface area (Å²) in [5, 5.41) is 13.5. The van der Waals surface area contributed by atoms with Crippen LogP contribution in [0.1, 0.15) is 17.0 Å². The summed E-state index contributed by atoms with van der Waals surface area (Å²) in [4.78, 5) is 0. The van der Waals surface area contributed by atoms with Gasteiger partial charge < -0.3 is 10.4 Å². The molecule has 0 heterocycles. The number of likely N-dealkylation sites (N-methyl/N-ethyl adjacent to an activating group) is 1. The fourth-order valence-corrected chi connectivity index (χ4v) is 2.38. The third kappa shape index (κ3) is 3.98. The highest BCUT2D eigenvalue weighted by Crippen LogP contribution is 2.23. The van der Waals surface area contributed by atoms with Gasteiger partial charge in [0.05, 0.1) is 0 Å². The van der Waals surface area contributed by atoms with Crippen molar-refractivity contribution in [3.8, 4) is 5.75 Å². The normalized spacial score (nSPS) is 12.3. The van der Waals surface area contributed by atoms with Gasteiger partial charge in [0.2, 0.25) is 0 Å². The Morgan fingerprint density at radius 3 is 2.53 bits per heavy atom. The minimum absolute atomic E-state index is 0.316. The van der Waals surface area contributed by atoms with Crippen molar-refractivity contribution >= 4 is 11.6 Å². The Hall–Kier alpha value is -1.51. The first-order valence-electron chi connectivity index (χ1n) is 6.37. The van der Waals surface area contributed by atoms with E-state index >= 15 is 0 Å².